The molecule has 3 heterocycles. The Morgan fingerprint density at radius 2 is 1.98 bits per heavy atom. The van der Waals surface area contributed by atoms with Crippen LogP contribution in [0.5, 0.6) is 11.5 Å². The van der Waals surface area contributed by atoms with Crippen molar-refractivity contribution in [2.24, 2.45) is 17.8 Å². The van der Waals surface area contributed by atoms with Gasteiger partial charge in [-0.2, -0.15) is 0 Å². The molecule has 0 unspecified atom stereocenters. The molecule has 3 fully saturated rings. The van der Waals surface area contributed by atoms with E-state index in [0.29, 0.717) is 37.7 Å². The number of carbonyl (C=O) groups excluding carboxylic acids is 2. The lowest BCUT2D eigenvalue weighted by molar-refractivity contribution is -0.129. The molecule has 3 aliphatic rings. The number of fused-ring (bicyclic) bond motifs is 3. The van der Waals surface area contributed by atoms with Crippen molar-refractivity contribution < 1.29 is 19.1 Å². The molecule has 3 amide bonds. The smallest absolute Gasteiger partial charge is 0.324 e. The van der Waals surface area contributed by atoms with E-state index in [4.69, 9.17) is 9.47 Å². The third-order valence-electron chi connectivity index (χ3n) is 9.32. The van der Waals surface area contributed by atoms with Crippen LogP contribution in [-0.4, -0.2) is 72.2 Å². The lowest BCUT2D eigenvalue weighted by atomic mass is 9.87. The van der Waals surface area contributed by atoms with Gasteiger partial charge in [0, 0.05) is 63.3 Å². The minimum atomic E-state index is -0.0264. The van der Waals surface area contributed by atoms with Gasteiger partial charge in [-0.15, -0.1) is 0 Å². The molecule has 41 heavy (non-hydrogen) atoms. The zero-order valence-corrected chi connectivity index (χ0v) is 24.4. The Balaban J connectivity index is 1.14. The van der Waals surface area contributed by atoms with Gasteiger partial charge in [-0.1, -0.05) is 6.42 Å². The number of hydrogen-bond donors (Lipinski definition) is 0. The molecule has 1 aromatic carbocycles. The van der Waals surface area contributed by atoms with Crippen molar-refractivity contribution >= 4 is 28.7 Å². The number of amides is 3. The summed E-state index contributed by atoms with van der Waals surface area (Å²) in [6, 6.07) is 9.71. The maximum Gasteiger partial charge on any atom is 0.324 e. The summed E-state index contributed by atoms with van der Waals surface area (Å²) >= 11 is 0. The Morgan fingerprint density at radius 1 is 1.10 bits per heavy atom. The number of nitrogens with zero attached hydrogens (tertiary/aromatic N) is 5. The van der Waals surface area contributed by atoms with Crippen LogP contribution in [0.3, 0.4) is 0 Å². The average Bonchev–Trinajstić information content (AvgIpc) is 3.71. The van der Waals surface area contributed by atoms with Crippen LogP contribution in [-0.2, 0) is 17.9 Å². The van der Waals surface area contributed by atoms with Crippen molar-refractivity contribution in [1.82, 2.24) is 19.4 Å². The normalized spacial score (nSPS) is 22.0. The predicted octanol–water partition coefficient (Wildman–Crippen LogP) is 5.17. The molecule has 0 radical (unpaired) electrons. The van der Waals surface area contributed by atoms with E-state index >= 15 is 0 Å². The minimum absolute atomic E-state index is 0.00457. The molecule has 2 saturated carbocycles. The first-order valence-corrected chi connectivity index (χ1v) is 14.9. The highest BCUT2D eigenvalue weighted by molar-refractivity contribution is 5.93. The molecule has 9 nitrogen and oxygen atoms in total. The summed E-state index contributed by atoms with van der Waals surface area (Å²) in [6.45, 7) is 2.71. The van der Waals surface area contributed by atoms with Crippen LogP contribution in [0.15, 0.2) is 42.7 Å². The maximum absolute atomic E-state index is 13.7. The fraction of sp³-hybridized carbons (Fsp3) is 0.531. The lowest BCUT2D eigenvalue weighted by Crippen LogP contribution is -2.49. The fourth-order valence-corrected chi connectivity index (χ4v) is 7.07. The highest BCUT2D eigenvalue weighted by Gasteiger charge is 2.39. The Bertz CT molecular complexity index is 1420. The first kappa shape index (κ1) is 27.4. The Morgan fingerprint density at radius 3 is 2.73 bits per heavy atom. The molecular formula is C32H41N5O4. The van der Waals surface area contributed by atoms with Gasteiger partial charge in [0.25, 0.3) is 0 Å². The van der Waals surface area contributed by atoms with E-state index < -0.39 is 0 Å². The van der Waals surface area contributed by atoms with Crippen molar-refractivity contribution in [3.8, 4) is 11.5 Å². The molecule has 1 saturated heterocycles. The number of carbonyl (C=O) groups is 2. The van der Waals surface area contributed by atoms with Gasteiger partial charge in [0.15, 0.2) is 11.5 Å². The van der Waals surface area contributed by atoms with Crippen molar-refractivity contribution in [1.29, 1.82) is 0 Å². The van der Waals surface area contributed by atoms with Crippen molar-refractivity contribution in [2.75, 3.05) is 45.8 Å². The van der Waals surface area contributed by atoms with Crippen LogP contribution < -0.4 is 14.4 Å². The van der Waals surface area contributed by atoms with Crippen LogP contribution >= 0.6 is 0 Å². The van der Waals surface area contributed by atoms with Crippen LogP contribution in [0.25, 0.3) is 11.0 Å². The summed E-state index contributed by atoms with van der Waals surface area (Å²) in [5.74, 6) is 4.00. The molecule has 3 aromatic rings. The van der Waals surface area contributed by atoms with Crippen LogP contribution in [0.2, 0.25) is 0 Å². The van der Waals surface area contributed by atoms with Crippen LogP contribution in [0.4, 0.5) is 10.5 Å². The molecular weight excluding hydrogens is 518 g/mol. The summed E-state index contributed by atoms with van der Waals surface area (Å²) in [7, 11) is 5.15. The Labute approximate surface area is 242 Å². The van der Waals surface area contributed by atoms with Gasteiger partial charge < -0.3 is 23.8 Å². The molecule has 2 aliphatic carbocycles. The van der Waals surface area contributed by atoms with E-state index in [1.54, 1.807) is 32.3 Å². The lowest BCUT2D eigenvalue weighted by Gasteiger charge is -2.36. The second-order valence-corrected chi connectivity index (χ2v) is 12.1. The standard InChI is InChI=1S/C32H41N5O4/c1-34(2)30(38)21-35-15-10-27-25(9-12-33-31(27)35)20-36-13-4-14-37(32(36)39)26-7-8-28(40-3)29(19-26)41-16-11-24-18-22-5-6-23(24)17-22/h7-10,12,15,19,22-24H,4-6,11,13-14,16-18,20-21H2,1-3H3/t22-,23+,24-/m1/s1. The molecule has 218 valence electrons. The molecule has 0 spiro atoms. The number of benzene rings is 1. The second kappa shape index (κ2) is 11.6. The number of anilines is 1. The fourth-order valence-electron chi connectivity index (χ4n) is 7.07. The van der Waals surface area contributed by atoms with E-state index in [1.807, 2.05) is 50.9 Å². The van der Waals surface area contributed by atoms with Gasteiger partial charge in [-0.3, -0.25) is 9.69 Å². The molecule has 1 aliphatic heterocycles. The van der Waals surface area contributed by atoms with Crippen LogP contribution in [0.1, 0.15) is 44.1 Å². The predicted molar refractivity (Wildman–Crippen MR) is 158 cm³/mol. The minimum Gasteiger partial charge on any atom is -0.493 e. The molecule has 6 rings (SSSR count). The first-order chi connectivity index (χ1) is 19.9. The average molecular weight is 560 g/mol. The van der Waals surface area contributed by atoms with Crippen molar-refractivity contribution in [2.45, 2.75) is 51.6 Å². The first-order valence-electron chi connectivity index (χ1n) is 14.9. The molecule has 2 bridgehead atoms. The second-order valence-electron chi connectivity index (χ2n) is 12.1. The van der Waals surface area contributed by atoms with Gasteiger partial charge in [0.1, 0.15) is 12.2 Å². The summed E-state index contributed by atoms with van der Waals surface area (Å²) in [5, 5.41) is 0.958. The van der Waals surface area contributed by atoms with Crippen molar-refractivity contribution in [3.63, 3.8) is 0 Å². The third-order valence-corrected chi connectivity index (χ3v) is 9.32. The molecule has 2 aromatic heterocycles. The van der Waals surface area contributed by atoms with E-state index in [1.165, 1.54) is 25.7 Å². The topological polar surface area (TPSA) is 80.1 Å². The summed E-state index contributed by atoms with van der Waals surface area (Å²) in [4.78, 5) is 35.8. The molecule has 3 atom stereocenters. The van der Waals surface area contributed by atoms with E-state index in [-0.39, 0.29) is 18.5 Å². The van der Waals surface area contributed by atoms with E-state index in [9.17, 15) is 9.59 Å². The monoisotopic (exact) mass is 559 g/mol. The van der Waals surface area contributed by atoms with Gasteiger partial charge in [-0.25, -0.2) is 9.78 Å². The Hall–Kier alpha value is -3.75. The number of pyridine rings is 1. The zero-order valence-electron chi connectivity index (χ0n) is 24.4. The number of rotatable bonds is 10. The number of urea groups is 1. The van der Waals surface area contributed by atoms with Crippen molar-refractivity contribution in [3.05, 3.63) is 48.3 Å². The number of aromatic nitrogens is 2. The van der Waals surface area contributed by atoms with Gasteiger partial charge in [-0.05, 0) is 79.7 Å². The van der Waals surface area contributed by atoms with Gasteiger partial charge in [0.2, 0.25) is 5.91 Å². The number of ether oxygens (including phenoxy) is 2. The van der Waals surface area contributed by atoms with Crippen LogP contribution in [0, 0.1) is 17.8 Å². The number of likely N-dealkylation sites (N-methyl/N-ethyl adjacent to an activating group) is 1. The summed E-state index contributed by atoms with van der Waals surface area (Å²) in [5.41, 5.74) is 2.59. The number of hydrogen-bond acceptors (Lipinski definition) is 5. The largest absolute Gasteiger partial charge is 0.493 e. The quantitative estimate of drug-likeness (QED) is 0.342. The van der Waals surface area contributed by atoms with E-state index in [2.05, 4.69) is 4.98 Å². The van der Waals surface area contributed by atoms with E-state index in [0.717, 1.165) is 52.9 Å². The third kappa shape index (κ3) is 5.59. The highest BCUT2D eigenvalue weighted by atomic mass is 16.5. The van der Waals surface area contributed by atoms with Gasteiger partial charge >= 0.3 is 6.03 Å². The maximum atomic E-state index is 13.7. The SMILES string of the molecule is COc1ccc(N2CCCN(Cc3ccnc4c3ccn4CC(=O)N(C)C)C2=O)cc1OCC[C@@H]1C[C@@H]2CC[C@H]1C2. The molecule has 9 heteroatoms. The zero-order chi connectivity index (χ0) is 28.5. The summed E-state index contributed by atoms with van der Waals surface area (Å²) in [6.07, 6.45) is 11.1. The number of methoxy groups -OCH3 is 1. The van der Waals surface area contributed by atoms with Gasteiger partial charge in [0.05, 0.1) is 13.7 Å². The Kier molecular flexibility index (Phi) is 7.77. The molecule has 0 N–H and O–H groups in total. The summed E-state index contributed by atoms with van der Waals surface area (Å²) < 4.78 is 13.7. The highest BCUT2D eigenvalue weighted by Crippen LogP contribution is 2.49.